The number of hydrogen-bond donors (Lipinski definition) is 2. The summed E-state index contributed by atoms with van der Waals surface area (Å²) in [6.45, 7) is -0.180. The molecule has 0 aliphatic heterocycles. The van der Waals surface area contributed by atoms with Gasteiger partial charge in [-0.3, -0.25) is 9.59 Å². The molecule has 0 saturated heterocycles. The van der Waals surface area contributed by atoms with Crippen LogP contribution >= 0.6 is 0 Å². The van der Waals surface area contributed by atoms with E-state index in [-0.39, 0.29) is 18.4 Å². The minimum Gasteiger partial charge on any atom is -0.497 e. The number of carbonyl (C=O) groups is 2. The van der Waals surface area contributed by atoms with E-state index in [1.807, 2.05) is 30.3 Å². The Morgan fingerprint density at radius 2 is 1.53 bits per heavy atom. The lowest BCUT2D eigenvalue weighted by molar-refractivity contribution is -0.118. The molecule has 0 aromatic heterocycles. The van der Waals surface area contributed by atoms with Crippen molar-refractivity contribution in [3.8, 4) is 17.2 Å². The molecule has 32 heavy (non-hydrogen) atoms. The highest BCUT2D eigenvalue weighted by molar-refractivity contribution is 6.02. The average molecular weight is 432 g/mol. The Bertz CT molecular complexity index is 1110. The van der Waals surface area contributed by atoms with Crippen LogP contribution in [-0.4, -0.2) is 32.6 Å². The van der Waals surface area contributed by atoms with Crippen molar-refractivity contribution in [3.63, 3.8) is 0 Å². The van der Waals surface area contributed by atoms with Gasteiger partial charge in [0.25, 0.3) is 5.91 Å². The van der Waals surface area contributed by atoms with Crippen LogP contribution in [-0.2, 0) is 9.59 Å². The molecule has 0 radical (unpaired) electrons. The molecule has 0 bridgehead atoms. The first-order valence-electron chi connectivity index (χ1n) is 9.86. The predicted octanol–water partition coefficient (Wildman–Crippen LogP) is 4.37. The van der Waals surface area contributed by atoms with Crippen LogP contribution in [0.2, 0.25) is 0 Å². The molecule has 0 heterocycles. The Balaban J connectivity index is 1.54. The molecule has 0 saturated carbocycles. The lowest BCUT2D eigenvalue weighted by Crippen LogP contribution is -2.20. The summed E-state index contributed by atoms with van der Waals surface area (Å²) in [7, 11) is 3.12. The van der Waals surface area contributed by atoms with Crippen molar-refractivity contribution in [2.75, 3.05) is 31.5 Å². The van der Waals surface area contributed by atoms with E-state index >= 15 is 0 Å². The van der Waals surface area contributed by atoms with E-state index in [1.54, 1.807) is 55.7 Å². The maximum atomic E-state index is 12.2. The molecule has 0 unspecified atom stereocenters. The summed E-state index contributed by atoms with van der Waals surface area (Å²) in [6.07, 6.45) is 3.12. The number of hydrogen-bond acceptors (Lipinski definition) is 5. The minimum absolute atomic E-state index is 0.180. The van der Waals surface area contributed by atoms with Gasteiger partial charge in [0.1, 0.15) is 5.75 Å². The lowest BCUT2D eigenvalue weighted by atomic mass is 10.2. The highest BCUT2D eigenvalue weighted by atomic mass is 16.5. The van der Waals surface area contributed by atoms with E-state index in [4.69, 9.17) is 14.2 Å². The number of benzene rings is 3. The number of nitrogens with one attached hydrogen (secondary N) is 2. The number of rotatable bonds is 9. The third kappa shape index (κ3) is 6.63. The van der Waals surface area contributed by atoms with E-state index in [0.29, 0.717) is 28.6 Å². The van der Waals surface area contributed by atoms with Crippen LogP contribution in [0.15, 0.2) is 78.9 Å². The lowest BCUT2D eigenvalue weighted by Gasteiger charge is -2.11. The molecule has 164 valence electrons. The quantitative estimate of drug-likeness (QED) is 0.491. The van der Waals surface area contributed by atoms with Crippen molar-refractivity contribution in [3.05, 3.63) is 84.4 Å². The first-order chi connectivity index (χ1) is 15.6. The van der Waals surface area contributed by atoms with Gasteiger partial charge < -0.3 is 24.8 Å². The third-order valence-electron chi connectivity index (χ3n) is 4.36. The molecule has 3 aromatic rings. The topological polar surface area (TPSA) is 85.9 Å². The van der Waals surface area contributed by atoms with E-state index in [2.05, 4.69) is 10.6 Å². The fourth-order valence-corrected chi connectivity index (χ4v) is 2.85. The van der Waals surface area contributed by atoms with Crippen molar-refractivity contribution in [1.82, 2.24) is 0 Å². The van der Waals surface area contributed by atoms with Crippen LogP contribution in [0, 0.1) is 0 Å². The highest BCUT2D eigenvalue weighted by Gasteiger charge is 2.08. The summed E-state index contributed by atoms with van der Waals surface area (Å²) in [5.41, 5.74) is 1.93. The number of carbonyl (C=O) groups excluding carboxylic acids is 2. The van der Waals surface area contributed by atoms with Crippen LogP contribution in [0.3, 0.4) is 0 Å². The molecule has 7 nitrogen and oxygen atoms in total. The summed E-state index contributed by atoms with van der Waals surface area (Å²) < 4.78 is 15.9. The summed E-state index contributed by atoms with van der Waals surface area (Å²) in [5, 5.41) is 5.52. The van der Waals surface area contributed by atoms with Crippen LogP contribution in [0.1, 0.15) is 5.56 Å². The van der Waals surface area contributed by atoms with Crippen molar-refractivity contribution < 1.29 is 23.8 Å². The number of methoxy groups -OCH3 is 2. The fraction of sp³-hybridized carbons (Fsp3) is 0.120. The smallest absolute Gasteiger partial charge is 0.262 e. The zero-order chi connectivity index (χ0) is 22.8. The number of anilines is 2. The van der Waals surface area contributed by atoms with Gasteiger partial charge in [-0.25, -0.2) is 0 Å². The molecule has 2 N–H and O–H groups in total. The second-order valence-corrected chi connectivity index (χ2v) is 6.67. The van der Waals surface area contributed by atoms with Gasteiger partial charge in [0, 0.05) is 17.5 Å². The van der Waals surface area contributed by atoms with E-state index in [0.717, 1.165) is 5.56 Å². The normalized spacial score (nSPS) is 10.4. The Hall–Kier alpha value is -4.26. The Morgan fingerprint density at radius 1 is 0.812 bits per heavy atom. The molecule has 0 aliphatic carbocycles. The average Bonchev–Trinajstić information content (AvgIpc) is 2.82. The summed E-state index contributed by atoms with van der Waals surface area (Å²) >= 11 is 0. The van der Waals surface area contributed by atoms with Gasteiger partial charge in [-0.15, -0.1) is 0 Å². The molecule has 3 rings (SSSR count). The number of amides is 2. The summed E-state index contributed by atoms with van der Waals surface area (Å²) in [4.78, 5) is 24.5. The van der Waals surface area contributed by atoms with Gasteiger partial charge in [0.15, 0.2) is 18.1 Å². The molecule has 0 fully saturated rings. The maximum absolute atomic E-state index is 12.2. The second-order valence-electron chi connectivity index (χ2n) is 6.67. The van der Waals surface area contributed by atoms with Crippen molar-refractivity contribution in [1.29, 1.82) is 0 Å². The molecule has 0 atom stereocenters. The third-order valence-corrected chi connectivity index (χ3v) is 4.36. The molecular weight excluding hydrogens is 408 g/mol. The SMILES string of the molecule is COc1cccc(/C=C/C(=O)Nc2cccc(NC(=O)COc3ccccc3OC)c2)c1. The molecule has 2 amide bonds. The van der Waals surface area contributed by atoms with Crippen LogP contribution in [0.25, 0.3) is 6.08 Å². The maximum Gasteiger partial charge on any atom is 0.262 e. The zero-order valence-corrected chi connectivity index (χ0v) is 17.8. The molecule has 3 aromatic carbocycles. The van der Waals surface area contributed by atoms with Crippen LogP contribution in [0.5, 0.6) is 17.2 Å². The summed E-state index contributed by atoms with van der Waals surface area (Å²) in [5.74, 6) is 1.11. The van der Waals surface area contributed by atoms with Crippen molar-refractivity contribution in [2.45, 2.75) is 0 Å². The number of para-hydroxylation sites is 2. The second kappa shape index (κ2) is 11.2. The van der Waals surface area contributed by atoms with Crippen LogP contribution in [0.4, 0.5) is 11.4 Å². The molecule has 0 spiro atoms. The Morgan fingerprint density at radius 3 is 2.28 bits per heavy atom. The highest BCUT2D eigenvalue weighted by Crippen LogP contribution is 2.25. The van der Waals surface area contributed by atoms with Crippen molar-refractivity contribution in [2.24, 2.45) is 0 Å². The monoisotopic (exact) mass is 432 g/mol. The zero-order valence-electron chi connectivity index (χ0n) is 17.8. The van der Waals surface area contributed by atoms with Gasteiger partial charge in [0.2, 0.25) is 5.91 Å². The van der Waals surface area contributed by atoms with E-state index in [1.165, 1.54) is 13.2 Å². The molecule has 0 aliphatic rings. The largest absolute Gasteiger partial charge is 0.497 e. The Kier molecular flexibility index (Phi) is 7.86. The van der Waals surface area contributed by atoms with E-state index < -0.39 is 0 Å². The van der Waals surface area contributed by atoms with Gasteiger partial charge in [0.05, 0.1) is 14.2 Å². The van der Waals surface area contributed by atoms with Gasteiger partial charge in [-0.2, -0.15) is 0 Å². The van der Waals surface area contributed by atoms with E-state index in [9.17, 15) is 9.59 Å². The Labute approximate surface area is 186 Å². The minimum atomic E-state index is -0.336. The number of ether oxygens (including phenoxy) is 3. The van der Waals surface area contributed by atoms with Crippen molar-refractivity contribution >= 4 is 29.3 Å². The van der Waals surface area contributed by atoms with Gasteiger partial charge in [-0.05, 0) is 54.1 Å². The van der Waals surface area contributed by atoms with Crippen LogP contribution < -0.4 is 24.8 Å². The first-order valence-corrected chi connectivity index (χ1v) is 9.86. The summed E-state index contributed by atoms with van der Waals surface area (Å²) in [6, 6.07) is 21.3. The van der Waals surface area contributed by atoms with Gasteiger partial charge in [-0.1, -0.05) is 30.3 Å². The standard InChI is InChI=1S/C25H24N2O5/c1-30-21-10-5-7-18(15-21)13-14-24(28)26-19-8-6-9-20(16-19)27-25(29)17-32-23-12-4-3-11-22(23)31-2/h3-16H,17H2,1-2H3,(H,26,28)(H,27,29)/b14-13+. The van der Waals surface area contributed by atoms with Gasteiger partial charge >= 0.3 is 0 Å². The fourth-order valence-electron chi connectivity index (χ4n) is 2.85. The molecule has 7 heteroatoms. The molecular formula is C25H24N2O5. The first kappa shape index (κ1) is 22.4. The predicted molar refractivity (Wildman–Crippen MR) is 124 cm³/mol.